The van der Waals surface area contributed by atoms with E-state index in [0.717, 1.165) is 5.30 Å². The number of benzene rings is 2. The Kier molecular flexibility index (Phi) is 11.1. The van der Waals surface area contributed by atoms with E-state index in [-0.39, 0.29) is 11.5 Å². The number of nitrogens with one attached hydrogen (secondary N) is 2. The molecule has 4 rings (SSSR count). The first-order chi connectivity index (χ1) is 17.4. The van der Waals surface area contributed by atoms with Gasteiger partial charge in [0.2, 0.25) is 5.95 Å². The van der Waals surface area contributed by atoms with Gasteiger partial charge in [-0.25, -0.2) is 14.1 Å². The van der Waals surface area contributed by atoms with E-state index < -0.39 is 31.5 Å². The third-order valence-electron chi connectivity index (χ3n) is 4.83. The SMILES string of the molecule is CC.CC.CP(O)c1ccc(C(NC(=O)c2cnc(-n3cccn3)[nH]c2=O)c2ccc(F)cc2)cc1. The van der Waals surface area contributed by atoms with Gasteiger partial charge in [-0.3, -0.25) is 14.6 Å². The fraction of sp³-hybridized carbons (Fsp3) is 0.231. The summed E-state index contributed by atoms with van der Waals surface area (Å²) in [5.74, 6) is -0.854. The molecule has 0 saturated heterocycles. The maximum atomic E-state index is 13.5. The van der Waals surface area contributed by atoms with Crippen LogP contribution in [0.4, 0.5) is 4.39 Å². The monoisotopic (exact) mass is 511 g/mol. The zero-order chi connectivity index (χ0) is 26.7. The molecule has 8 nitrogen and oxygen atoms in total. The first-order valence-electron chi connectivity index (χ1n) is 11.6. The molecule has 190 valence electrons. The van der Waals surface area contributed by atoms with E-state index in [2.05, 4.69) is 20.4 Å². The summed E-state index contributed by atoms with van der Waals surface area (Å²) >= 11 is 0. The minimum atomic E-state index is -1.26. The second-order valence-corrected chi connectivity index (χ2v) is 8.54. The Bertz CT molecular complexity index is 1270. The standard InChI is InChI=1S/C22H19FN5O3P.2C2H6/c1-32(31)17-9-5-15(6-10-17)19(14-3-7-16(23)8-4-14)26-20(29)18-13-24-22(27-21(18)30)28-12-2-11-25-28;2*1-2/h2-13,19,31H,1H3,(H,26,29)(H,24,27,30);2*1-2H3. The summed E-state index contributed by atoms with van der Waals surface area (Å²) in [7, 11) is -1.26. The topological polar surface area (TPSA) is 113 Å². The van der Waals surface area contributed by atoms with E-state index in [4.69, 9.17) is 0 Å². The molecule has 0 saturated carbocycles. The lowest BCUT2D eigenvalue weighted by atomic mass is 9.98. The van der Waals surface area contributed by atoms with Crippen LogP contribution in [-0.2, 0) is 0 Å². The molecule has 0 aliphatic carbocycles. The lowest BCUT2D eigenvalue weighted by Gasteiger charge is -2.20. The average molecular weight is 512 g/mol. The fourth-order valence-electron chi connectivity index (χ4n) is 3.16. The molecule has 0 fully saturated rings. The van der Waals surface area contributed by atoms with Crippen LogP contribution in [0.5, 0.6) is 0 Å². The molecular formula is C26H31FN5O3P. The van der Waals surface area contributed by atoms with Crippen LogP contribution in [0.15, 0.2) is 78.0 Å². The Morgan fingerprint density at radius 1 is 1.06 bits per heavy atom. The van der Waals surface area contributed by atoms with Gasteiger partial charge < -0.3 is 10.2 Å². The van der Waals surface area contributed by atoms with Gasteiger partial charge in [-0.2, -0.15) is 5.10 Å². The predicted molar refractivity (Wildman–Crippen MR) is 142 cm³/mol. The van der Waals surface area contributed by atoms with Gasteiger partial charge in [-0.1, -0.05) is 64.1 Å². The van der Waals surface area contributed by atoms with Crippen LogP contribution in [0.3, 0.4) is 0 Å². The summed E-state index contributed by atoms with van der Waals surface area (Å²) in [6.07, 6.45) is 4.34. The molecule has 4 aromatic rings. The number of amides is 1. The number of aromatic nitrogens is 4. The van der Waals surface area contributed by atoms with E-state index in [1.54, 1.807) is 55.3 Å². The number of hydrogen-bond donors (Lipinski definition) is 3. The van der Waals surface area contributed by atoms with Crippen LogP contribution < -0.4 is 16.2 Å². The molecule has 0 radical (unpaired) electrons. The maximum absolute atomic E-state index is 13.5. The third kappa shape index (κ3) is 7.16. The Labute approximate surface area is 211 Å². The minimum absolute atomic E-state index is 0.169. The van der Waals surface area contributed by atoms with Gasteiger partial charge in [0.25, 0.3) is 11.5 Å². The predicted octanol–water partition coefficient (Wildman–Crippen LogP) is 4.31. The van der Waals surface area contributed by atoms with Crippen LogP contribution in [-0.4, -0.2) is 37.2 Å². The number of nitrogens with zero attached hydrogens (tertiary/aromatic N) is 3. The minimum Gasteiger partial charge on any atom is -0.369 e. The van der Waals surface area contributed by atoms with Crippen LogP contribution in [0.2, 0.25) is 0 Å². The first-order valence-corrected chi connectivity index (χ1v) is 13.3. The lowest BCUT2D eigenvalue weighted by molar-refractivity contribution is 0.0941. The number of H-pyrrole nitrogens is 1. The largest absolute Gasteiger partial charge is 0.369 e. The van der Waals surface area contributed by atoms with Gasteiger partial charge in [0.1, 0.15) is 11.4 Å². The molecule has 2 heterocycles. The van der Waals surface area contributed by atoms with Gasteiger partial charge in [-0.05, 0) is 36.0 Å². The lowest BCUT2D eigenvalue weighted by Crippen LogP contribution is -2.34. The summed E-state index contributed by atoms with van der Waals surface area (Å²) in [5, 5.41) is 7.60. The van der Waals surface area contributed by atoms with Crippen molar-refractivity contribution in [3.8, 4) is 5.95 Å². The van der Waals surface area contributed by atoms with Gasteiger partial charge in [-0.15, -0.1) is 0 Å². The molecule has 0 aliphatic rings. The van der Waals surface area contributed by atoms with Crippen LogP contribution in [0.1, 0.15) is 55.2 Å². The highest BCUT2D eigenvalue weighted by atomic mass is 31.1. The summed E-state index contributed by atoms with van der Waals surface area (Å²) in [4.78, 5) is 41.9. The highest BCUT2D eigenvalue weighted by molar-refractivity contribution is 7.59. The van der Waals surface area contributed by atoms with Crippen molar-refractivity contribution in [1.82, 2.24) is 25.1 Å². The van der Waals surface area contributed by atoms with Crippen molar-refractivity contribution in [3.63, 3.8) is 0 Å². The summed E-state index contributed by atoms with van der Waals surface area (Å²) in [6, 6.07) is 13.9. The molecule has 36 heavy (non-hydrogen) atoms. The summed E-state index contributed by atoms with van der Waals surface area (Å²) < 4.78 is 14.8. The average Bonchev–Trinajstić information content (AvgIpc) is 3.45. The normalized spacial score (nSPS) is 11.8. The van der Waals surface area contributed by atoms with Crippen LogP contribution >= 0.6 is 8.15 Å². The molecule has 2 aromatic carbocycles. The maximum Gasteiger partial charge on any atom is 0.265 e. The van der Waals surface area contributed by atoms with E-state index in [1.807, 2.05) is 27.7 Å². The number of carbonyl (C=O) groups is 1. The zero-order valence-corrected chi connectivity index (χ0v) is 21.8. The van der Waals surface area contributed by atoms with Crippen molar-refractivity contribution in [1.29, 1.82) is 0 Å². The molecule has 2 unspecified atom stereocenters. The third-order valence-corrected chi connectivity index (χ3v) is 5.88. The molecule has 3 N–H and O–H groups in total. The molecule has 10 heteroatoms. The van der Waals surface area contributed by atoms with Crippen molar-refractivity contribution < 1.29 is 14.1 Å². The molecule has 0 bridgehead atoms. The Morgan fingerprint density at radius 3 is 2.14 bits per heavy atom. The molecule has 0 spiro atoms. The number of rotatable bonds is 6. The Morgan fingerprint density at radius 2 is 1.64 bits per heavy atom. The van der Waals surface area contributed by atoms with Gasteiger partial charge in [0.05, 0.1) is 14.2 Å². The first kappa shape index (κ1) is 28.6. The molecule has 2 atom stereocenters. The van der Waals surface area contributed by atoms with Gasteiger partial charge in [0, 0.05) is 23.9 Å². The number of hydrogen-bond acceptors (Lipinski definition) is 5. The van der Waals surface area contributed by atoms with Gasteiger partial charge >= 0.3 is 0 Å². The molecule has 2 aromatic heterocycles. The highest BCUT2D eigenvalue weighted by Crippen LogP contribution is 2.26. The molecule has 1 amide bonds. The summed E-state index contributed by atoms with van der Waals surface area (Å²) in [6.45, 7) is 9.72. The number of aromatic amines is 1. The van der Waals surface area contributed by atoms with E-state index >= 15 is 0 Å². The molecule has 0 aliphatic heterocycles. The zero-order valence-electron chi connectivity index (χ0n) is 20.9. The van der Waals surface area contributed by atoms with Crippen molar-refractivity contribution in [2.75, 3.05) is 6.66 Å². The highest BCUT2D eigenvalue weighted by Gasteiger charge is 2.21. The quantitative estimate of drug-likeness (QED) is 0.334. The van der Waals surface area contributed by atoms with Crippen molar-refractivity contribution in [3.05, 3.63) is 106 Å². The number of halogens is 1. The smallest absolute Gasteiger partial charge is 0.265 e. The van der Waals surface area contributed by atoms with Crippen molar-refractivity contribution in [2.45, 2.75) is 33.7 Å². The summed E-state index contributed by atoms with van der Waals surface area (Å²) in [5.41, 5.74) is 0.557. The van der Waals surface area contributed by atoms with E-state index in [0.29, 0.717) is 11.1 Å². The van der Waals surface area contributed by atoms with Crippen LogP contribution in [0.25, 0.3) is 5.95 Å². The van der Waals surface area contributed by atoms with Gasteiger partial charge in [0.15, 0.2) is 0 Å². The Balaban J connectivity index is 0.00000109. The molecular weight excluding hydrogens is 480 g/mol. The Hall–Kier alpha value is -3.68. The second-order valence-electron chi connectivity index (χ2n) is 6.97. The fourth-order valence-corrected chi connectivity index (χ4v) is 3.74. The van der Waals surface area contributed by atoms with E-state index in [9.17, 15) is 18.9 Å². The van der Waals surface area contributed by atoms with Crippen LogP contribution in [0, 0.1) is 5.82 Å². The number of carbonyl (C=O) groups excluding carboxylic acids is 1. The van der Waals surface area contributed by atoms with Crippen molar-refractivity contribution >= 4 is 19.4 Å². The second kappa shape index (κ2) is 14.0. The van der Waals surface area contributed by atoms with E-state index in [1.165, 1.54) is 29.2 Å². The van der Waals surface area contributed by atoms with Crippen molar-refractivity contribution in [2.24, 2.45) is 0 Å².